The van der Waals surface area contributed by atoms with Crippen LogP contribution in [0.25, 0.3) is 0 Å². The van der Waals surface area contributed by atoms with E-state index in [9.17, 15) is 18.0 Å². The fraction of sp³-hybridized carbons (Fsp3) is 0.200. The molecule has 1 aliphatic carbocycles. The van der Waals surface area contributed by atoms with Crippen LogP contribution in [-0.2, 0) is 21.4 Å². The van der Waals surface area contributed by atoms with Crippen molar-refractivity contribution >= 4 is 33.2 Å². The van der Waals surface area contributed by atoms with Gasteiger partial charge in [-0.25, -0.2) is 13.1 Å². The van der Waals surface area contributed by atoms with E-state index in [-0.39, 0.29) is 28.8 Å². The van der Waals surface area contributed by atoms with Gasteiger partial charge in [0.05, 0.1) is 4.90 Å². The number of amides is 2. The summed E-state index contributed by atoms with van der Waals surface area (Å²) in [6, 6.07) is 20.4. The summed E-state index contributed by atoms with van der Waals surface area (Å²) in [7, 11) is -3.80. The Bertz CT molecular complexity index is 1290. The zero-order valence-electron chi connectivity index (χ0n) is 18.2. The molecular weight excluding hydrogens is 438 g/mol. The van der Waals surface area contributed by atoms with Crippen molar-refractivity contribution in [2.45, 2.75) is 31.2 Å². The maximum absolute atomic E-state index is 12.9. The van der Waals surface area contributed by atoms with E-state index < -0.39 is 15.9 Å². The minimum atomic E-state index is -3.80. The molecule has 0 saturated heterocycles. The van der Waals surface area contributed by atoms with Crippen molar-refractivity contribution in [3.05, 3.63) is 89.5 Å². The van der Waals surface area contributed by atoms with E-state index in [1.165, 1.54) is 18.2 Å². The molecule has 0 radical (unpaired) electrons. The number of rotatable bonds is 8. The molecule has 170 valence electrons. The minimum absolute atomic E-state index is 0.00764. The van der Waals surface area contributed by atoms with Gasteiger partial charge in [0.25, 0.3) is 5.91 Å². The first kappa shape index (κ1) is 22.7. The normalized spacial score (nSPS) is 13.4. The molecule has 0 atom stereocenters. The van der Waals surface area contributed by atoms with Crippen molar-refractivity contribution in [2.24, 2.45) is 5.92 Å². The van der Waals surface area contributed by atoms with Gasteiger partial charge in [0.2, 0.25) is 15.9 Å². The molecule has 4 rings (SSSR count). The molecule has 33 heavy (non-hydrogen) atoms. The largest absolute Gasteiger partial charge is 0.326 e. The second kappa shape index (κ2) is 9.56. The highest BCUT2D eigenvalue weighted by atomic mass is 32.2. The molecule has 1 saturated carbocycles. The number of anilines is 2. The quantitative estimate of drug-likeness (QED) is 0.468. The van der Waals surface area contributed by atoms with Gasteiger partial charge < -0.3 is 10.6 Å². The first-order chi connectivity index (χ1) is 15.8. The van der Waals surface area contributed by atoms with Crippen LogP contribution in [0.5, 0.6) is 0 Å². The fourth-order valence-corrected chi connectivity index (χ4v) is 4.34. The molecule has 7 nitrogen and oxygen atoms in total. The Balaban J connectivity index is 1.47. The molecule has 8 heteroatoms. The number of hydrogen-bond acceptors (Lipinski definition) is 4. The van der Waals surface area contributed by atoms with E-state index >= 15 is 0 Å². The first-order valence-corrected chi connectivity index (χ1v) is 12.2. The second-order valence-electron chi connectivity index (χ2n) is 8.09. The standard InChI is InChI=1S/C25H25N3O4S/c1-17-10-13-21(27-24(29)19-11-12-19)15-23(17)28-25(30)20-8-5-9-22(14-20)33(31,32)26-16-18-6-3-2-4-7-18/h2-10,13-15,19,26H,11-12,16H2,1H3,(H,27,29)(H,28,30). The van der Waals surface area contributed by atoms with Crippen LogP contribution in [0.1, 0.15) is 34.3 Å². The van der Waals surface area contributed by atoms with E-state index in [1.54, 1.807) is 18.2 Å². The third-order valence-corrected chi connectivity index (χ3v) is 6.82. The van der Waals surface area contributed by atoms with Crippen LogP contribution in [-0.4, -0.2) is 20.2 Å². The average molecular weight is 464 g/mol. The number of hydrogen-bond donors (Lipinski definition) is 3. The summed E-state index contributed by atoms with van der Waals surface area (Å²) in [6.45, 7) is 1.99. The minimum Gasteiger partial charge on any atom is -0.326 e. The van der Waals surface area contributed by atoms with E-state index in [2.05, 4.69) is 15.4 Å². The summed E-state index contributed by atoms with van der Waals surface area (Å²) >= 11 is 0. The lowest BCUT2D eigenvalue weighted by molar-refractivity contribution is -0.117. The highest BCUT2D eigenvalue weighted by molar-refractivity contribution is 7.89. The van der Waals surface area contributed by atoms with Gasteiger partial charge in [0.15, 0.2) is 0 Å². The Morgan fingerprint density at radius 3 is 2.39 bits per heavy atom. The molecule has 0 heterocycles. The molecule has 3 aromatic rings. The lowest BCUT2D eigenvalue weighted by atomic mass is 10.1. The van der Waals surface area contributed by atoms with Crippen molar-refractivity contribution in [1.29, 1.82) is 0 Å². The topological polar surface area (TPSA) is 104 Å². The number of carbonyl (C=O) groups is 2. The van der Waals surface area contributed by atoms with Crippen LogP contribution < -0.4 is 15.4 Å². The molecule has 0 bridgehead atoms. The van der Waals surface area contributed by atoms with Crippen LogP contribution in [0.3, 0.4) is 0 Å². The van der Waals surface area contributed by atoms with Gasteiger partial charge in [0, 0.05) is 29.4 Å². The van der Waals surface area contributed by atoms with Crippen LogP contribution in [0, 0.1) is 12.8 Å². The van der Waals surface area contributed by atoms with Crippen LogP contribution >= 0.6 is 0 Å². The highest BCUT2D eigenvalue weighted by Gasteiger charge is 2.29. The fourth-order valence-electron chi connectivity index (χ4n) is 3.28. The van der Waals surface area contributed by atoms with Gasteiger partial charge in [-0.3, -0.25) is 9.59 Å². The third kappa shape index (κ3) is 5.85. The summed E-state index contributed by atoms with van der Waals surface area (Å²) in [6.07, 6.45) is 1.81. The molecule has 0 unspecified atom stereocenters. The summed E-state index contributed by atoms with van der Waals surface area (Å²) in [5, 5.41) is 5.68. The smallest absolute Gasteiger partial charge is 0.255 e. The summed E-state index contributed by atoms with van der Waals surface area (Å²) in [4.78, 5) is 24.9. The number of aryl methyl sites for hydroxylation is 1. The summed E-state index contributed by atoms with van der Waals surface area (Å²) in [5.74, 6) is -0.384. The predicted molar refractivity (Wildman–Crippen MR) is 127 cm³/mol. The predicted octanol–water partition coefficient (Wildman–Crippen LogP) is 4.07. The lowest BCUT2D eigenvalue weighted by Crippen LogP contribution is -2.23. The van der Waals surface area contributed by atoms with Crippen molar-refractivity contribution in [1.82, 2.24) is 4.72 Å². The van der Waals surface area contributed by atoms with Crippen molar-refractivity contribution in [3.8, 4) is 0 Å². The van der Waals surface area contributed by atoms with Crippen molar-refractivity contribution < 1.29 is 18.0 Å². The van der Waals surface area contributed by atoms with E-state index in [0.717, 1.165) is 24.0 Å². The zero-order valence-corrected chi connectivity index (χ0v) is 19.0. The Morgan fingerprint density at radius 1 is 0.909 bits per heavy atom. The molecule has 1 aliphatic rings. The maximum atomic E-state index is 12.9. The van der Waals surface area contributed by atoms with E-state index in [1.807, 2.05) is 43.3 Å². The molecular formula is C25H25N3O4S. The number of sulfonamides is 1. The Morgan fingerprint density at radius 2 is 1.67 bits per heavy atom. The number of nitrogens with one attached hydrogen (secondary N) is 3. The molecule has 1 fully saturated rings. The third-order valence-electron chi connectivity index (χ3n) is 5.42. The van der Waals surface area contributed by atoms with E-state index in [4.69, 9.17) is 0 Å². The van der Waals surface area contributed by atoms with E-state index in [0.29, 0.717) is 11.4 Å². The van der Waals surface area contributed by atoms with Gasteiger partial charge in [-0.2, -0.15) is 0 Å². The SMILES string of the molecule is Cc1ccc(NC(=O)C2CC2)cc1NC(=O)c1cccc(S(=O)(=O)NCc2ccccc2)c1. The Kier molecular flexibility index (Phi) is 6.57. The number of benzene rings is 3. The molecule has 3 N–H and O–H groups in total. The Hall–Kier alpha value is -3.49. The van der Waals surface area contributed by atoms with Gasteiger partial charge in [-0.05, 0) is 61.2 Å². The Labute approximate surface area is 193 Å². The number of carbonyl (C=O) groups excluding carboxylic acids is 2. The van der Waals surface area contributed by atoms with Gasteiger partial charge in [-0.1, -0.05) is 42.5 Å². The van der Waals surface area contributed by atoms with Crippen molar-refractivity contribution in [2.75, 3.05) is 10.6 Å². The summed E-state index contributed by atoms with van der Waals surface area (Å²) in [5.41, 5.74) is 3.02. The molecule has 3 aromatic carbocycles. The lowest BCUT2D eigenvalue weighted by Gasteiger charge is -2.12. The van der Waals surface area contributed by atoms with Gasteiger partial charge >= 0.3 is 0 Å². The van der Waals surface area contributed by atoms with Crippen LogP contribution in [0.15, 0.2) is 77.7 Å². The monoisotopic (exact) mass is 463 g/mol. The highest BCUT2D eigenvalue weighted by Crippen LogP contribution is 2.31. The average Bonchev–Trinajstić information content (AvgIpc) is 3.66. The van der Waals surface area contributed by atoms with Gasteiger partial charge in [0.1, 0.15) is 0 Å². The first-order valence-electron chi connectivity index (χ1n) is 10.7. The molecule has 0 aliphatic heterocycles. The van der Waals surface area contributed by atoms with Crippen molar-refractivity contribution in [3.63, 3.8) is 0 Å². The van der Waals surface area contributed by atoms with Gasteiger partial charge in [-0.15, -0.1) is 0 Å². The van der Waals surface area contributed by atoms with Crippen LogP contribution in [0.2, 0.25) is 0 Å². The zero-order chi connectivity index (χ0) is 23.4. The maximum Gasteiger partial charge on any atom is 0.255 e. The molecule has 0 aromatic heterocycles. The second-order valence-corrected chi connectivity index (χ2v) is 9.85. The molecule has 2 amide bonds. The summed E-state index contributed by atoms with van der Waals surface area (Å²) < 4.78 is 28.0. The molecule has 0 spiro atoms. The van der Waals surface area contributed by atoms with Crippen LogP contribution in [0.4, 0.5) is 11.4 Å².